The second-order valence-corrected chi connectivity index (χ2v) is 4.71. The third-order valence-corrected chi connectivity index (χ3v) is 3.36. The van der Waals surface area contributed by atoms with E-state index >= 15 is 0 Å². The first kappa shape index (κ1) is 15.0. The molecule has 1 aliphatic rings. The average molecular weight is 295 g/mol. The van der Waals surface area contributed by atoms with E-state index in [-0.39, 0.29) is 18.3 Å². The Labute approximate surface area is 121 Å². The van der Waals surface area contributed by atoms with E-state index in [0.717, 1.165) is 0 Å². The molecule has 7 heteroatoms. The quantitative estimate of drug-likeness (QED) is 0.836. The number of aliphatic carboxylic acids is 1. The van der Waals surface area contributed by atoms with E-state index < -0.39 is 12.0 Å². The van der Waals surface area contributed by atoms with Gasteiger partial charge in [0.2, 0.25) is 0 Å². The molecule has 1 aromatic rings. The maximum atomic E-state index is 12.0. The first-order valence-electron chi connectivity index (χ1n) is 6.55. The Balaban J connectivity index is 1.99. The molecule has 21 heavy (non-hydrogen) atoms. The molecular weight excluding hydrogens is 278 g/mol. The molecule has 1 aromatic carbocycles. The number of hydrogen-bond donors (Lipinski definition) is 2. The van der Waals surface area contributed by atoms with Gasteiger partial charge in [-0.2, -0.15) is 0 Å². The predicted molar refractivity (Wildman–Crippen MR) is 72.5 cm³/mol. The number of carboxylic acid groups (broad SMARTS) is 1. The van der Waals surface area contributed by atoms with E-state index in [1.165, 1.54) is 30.2 Å². The molecule has 1 aliphatic heterocycles. The zero-order chi connectivity index (χ0) is 15.4. The van der Waals surface area contributed by atoms with Crippen molar-refractivity contribution in [2.24, 2.45) is 0 Å². The highest BCUT2D eigenvalue weighted by Gasteiger charge is 2.34. The Morgan fingerprint density at radius 2 is 2.14 bits per heavy atom. The van der Waals surface area contributed by atoms with Crippen molar-refractivity contribution in [1.82, 2.24) is 4.90 Å². The topological polar surface area (TPSA) is 96.3 Å². The Morgan fingerprint density at radius 1 is 1.38 bits per heavy atom. The molecule has 0 aliphatic carbocycles. The summed E-state index contributed by atoms with van der Waals surface area (Å²) in [5.41, 5.74) is 0. The molecular formula is C14H17NO6. The zero-order valence-electron chi connectivity index (χ0n) is 11.6. The molecule has 0 spiro atoms. The number of rotatable bonds is 5. The lowest BCUT2D eigenvalue weighted by Crippen LogP contribution is -2.42. The number of nitrogens with zero attached hydrogens (tertiary/aromatic N) is 1. The van der Waals surface area contributed by atoms with Crippen LogP contribution in [-0.2, 0) is 9.59 Å². The van der Waals surface area contributed by atoms with E-state index in [4.69, 9.17) is 14.6 Å². The van der Waals surface area contributed by atoms with Crippen molar-refractivity contribution in [3.63, 3.8) is 0 Å². The molecule has 1 fully saturated rings. The number of carbonyl (C=O) groups is 2. The lowest BCUT2D eigenvalue weighted by Gasteiger charge is -2.21. The number of aromatic hydroxyl groups is 1. The van der Waals surface area contributed by atoms with Gasteiger partial charge in [-0.1, -0.05) is 0 Å². The van der Waals surface area contributed by atoms with Crippen LogP contribution in [0.1, 0.15) is 12.8 Å². The number of phenols is 1. The van der Waals surface area contributed by atoms with Gasteiger partial charge in [0, 0.05) is 12.6 Å². The molecule has 1 atom stereocenters. The molecule has 0 bridgehead atoms. The van der Waals surface area contributed by atoms with Gasteiger partial charge in [0.15, 0.2) is 18.1 Å². The predicted octanol–water partition coefficient (Wildman–Crippen LogP) is 0.855. The molecule has 0 aromatic heterocycles. The van der Waals surface area contributed by atoms with Gasteiger partial charge >= 0.3 is 5.97 Å². The van der Waals surface area contributed by atoms with E-state index in [9.17, 15) is 14.7 Å². The molecule has 2 N–H and O–H groups in total. The summed E-state index contributed by atoms with van der Waals surface area (Å²) in [6.07, 6.45) is 1.13. The van der Waals surface area contributed by atoms with Crippen molar-refractivity contribution in [2.75, 3.05) is 20.3 Å². The van der Waals surface area contributed by atoms with Crippen LogP contribution < -0.4 is 9.47 Å². The minimum atomic E-state index is -0.997. The Hall–Kier alpha value is -2.44. The van der Waals surface area contributed by atoms with Crippen LogP contribution in [0, 0.1) is 0 Å². The number of carboxylic acids is 1. The summed E-state index contributed by atoms with van der Waals surface area (Å²) in [5, 5.41) is 18.4. The van der Waals surface area contributed by atoms with Gasteiger partial charge in [-0.15, -0.1) is 0 Å². The van der Waals surface area contributed by atoms with Crippen molar-refractivity contribution in [2.45, 2.75) is 18.9 Å². The minimum Gasteiger partial charge on any atom is -0.508 e. The van der Waals surface area contributed by atoms with Crippen LogP contribution in [0.4, 0.5) is 0 Å². The van der Waals surface area contributed by atoms with Crippen LogP contribution in [-0.4, -0.2) is 53.3 Å². The SMILES string of the molecule is COc1cc(O)ccc1OCC(=O)N1CCC[C@@H]1C(=O)O. The van der Waals surface area contributed by atoms with Crippen LogP contribution in [0.25, 0.3) is 0 Å². The fourth-order valence-electron chi connectivity index (χ4n) is 2.32. The van der Waals surface area contributed by atoms with Gasteiger partial charge in [-0.25, -0.2) is 4.79 Å². The summed E-state index contributed by atoms with van der Waals surface area (Å²) >= 11 is 0. The van der Waals surface area contributed by atoms with Crippen LogP contribution in [0.3, 0.4) is 0 Å². The largest absolute Gasteiger partial charge is 0.508 e. The molecule has 7 nitrogen and oxygen atoms in total. The third kappa shape index (κ3) is 3.36. The monoisotopic (exact) mass is 295 g/mol. The lowest BCUT2D eigenvalue weighted by atomic mass is 10.2. The molecule has 114 valence electrons. The fraction of sp³-hybridized carbons (Fsp3) is 0.429. The Kier molecular flexibility index (Phi) is 4.52. The number of phenolic OH excluding ortho intramolecular Hbond substituents is 1. The maximum Gasteiger partial charge on any atom is 0.326 e. The smallest absolute Gasteiger partial charge is 0.326 e. The summed E-state index contributed by atoms with van der Waals surface area (Å²) in [5.74, 6) is -0.733. The highest BCUT2D eigenvalue weighted by atomic mass is 16.5. The van der Waals surface area contributed by atoms with Gasteiger partial charge in [0.25, 0.3) is 5.91 Å². The third-order valence-electron chi connectivity index (χ3n) is 3.36. The van der Waals surface area contributed by atoms with E-state index in [1.807, 2.05) is 0 Å². The van der Waals surface area contributed by atoms with Crippen LogP contribution in [0.15, 0.2) is 18.2 Å². The van der Waals surface area contributed by atoms with Gasteiger partial charge in [-0.05, 0) is 25.0 Å². The number of likely N-dealkylation sites (tertiary alicyclic amines) is 1. The summed E-state index contributed by atoms with van der Waals surface area (Å²) in [6.45, 7) is 0.150. The Morgan fingerprint density at radius 3 is 2.81 bits per heavy atom. The van der Waals surface area contributed by atoms with Crippen molar-refractivity contribution >= 4 is 11.9 Å². The number of ether oxygens (including phenoxy) is 2. The summed E-state index contributed by atoms with van der Waals surface area (Å²) < 4.78 is 10.4. The van der Waals surface area contributed by atoms with Gasteiger partial charge < -0.3 is 24.6 Å². The van der Waals surface area contributed by atoms with Gasteiger partial charge in [0.1, 0.15) is 11.8 Å². The zero-order valence-corrected chi connectivity index (χ0v) is 11.6. The number of hydrogen-bond acceptors (Lipinski definition) is 5. The second-order valence-electron chi connectivity index (χ2n) is 4.71. The lowest BCUT2D eigenvalue weighted by molar-refractivity contribution is -0.149. The first-order valence-corrected chi connectivity index (χ1v) is 6.55. The minimum absolute atomic E-state index is 0.0241. The van der Waals surface area contributed by atoms with Gasteiger partial charge in [-0.3, -0.25) is 4.79 Å². The number of methoxy groups -OCH3 is 1. The van der Waals surface area contributed by atoms with Crippen molar-refractivity contribution in [3.05, 3.63) is 18.2 Å². The summed E-state index contributed by atoms with van der Waals surface area (Å²) in [6, 6.07) is 3.50. The van der Waals surface area contributed by atoms with Crippen molar-refractivity contribution < 1.29 is 29.3 Å². The second kappa shape index (κ2) is 6.34. The molecule has 1 heterocycles. The summed E-state index contributed by atoms with van der Waals surface area (Å²) in [7, 11) is 1.42. The van der Waals surface area contributed by atoms with Gasteiger partial charge in [0.05, 0.1) is 7.11 Å². The number of carbonyl (C=O) groups excluding carboxylic acids is 1. The van der Waals surface area contributed by atoms with E-state index in [2.05, 4.69) is 0 Å². The number of amides is 1. The Bertz CT molecular complexity index is 544. The summed E-state index contributed by atoms with van der Waals surface area (Å²) in [4.78, 5) is 24.4. The molecule has 2 rings (SSSR count). The van der Waals surface area contributed by atoms with E-state index in [0.29, 0.717) is 30.9 Å². The van der Waals surface area contributed by atoms with Crippen LogP contribution in [0.2, 0.25) is 0 Å². The number of benzene rings is 1. The van der Waals surface area contributed by atoms with E-state index in [1.54, 1.807) is 0 Å². The highest BCUT2D eigenvalue weighted by Crippen LogP contribution is 2.30. The normalized spacial score (nSPS) is 17.6. The van der Waals surface area contributed by atoms with Crippen LogP contribution >= 0.6 is 0 Å². The fourth-order valence-corrected chi connectivity index (χ4v) is 2.32. The first-order chi connectivity index (χ1) is 10.0. The molecule has 0 saturated carbocycles. The highest BCUT2D eigenvalue weighted by molar-refractivity contribution is 5.85. The molecule has 0 unspecified atom stereocenters. The average Bonchev–Trinajstić information content (AvgIpc) is 2.95. The van der Waals surface area contributed by atoms with Crippen LogP contribution in [0.5, 0.6) is 17.2 Å². The molecule has 0 radical (unpaired) electrons. The van der Waals surface area contributed by atoms with Crippen molar-refractivity contribution in [3.8, 4) is 17.2 Å². The van der Waals surface area contributed by atoms with Crippen molar-refractivity contribution in [1.29, 1.82) is 0 Å². The molecule has 1 saturated heterocycles. The molecule has 1 amide bonds. The standard InChI is InChI=1S/C14H17NO6/c1-20-12-7-9(16)4-5-11(12)21-8-13(17)15-6-2-3-10(15)14(18)19/h4-5,7,10,16H,2-3,6,8H2,1H3,(H,18,19)/t10-/m1/s1. The maximum absolute atomic E-state index is 12.0.